The molecular weight excluding hydrogens is 418 g/mol. The Morgan fingerprint density at radius 1 is 0.839 bits per heavy atom. The number of hydrogen-bond donors (Lipinski definition) is 1. The maximum atomic E-state index is 13.5. The smallest absolute Gasteiger partial charge is 0.271 e. The molecule has 0 saturated carbocycles. The van der Waals surface area contributed by atoms with Crippen LogP contribution in [-0.4, -0.2) is 25.8 Å². The average molecular weight is 443 g/mol. The van der Waals surface area contributed by atoms with E-state index in [0.717, 1.165) is 17.5 Å². The number of nitrogens with zero attached hydrogens (tertiary/aromatic N) is 1. The molecule has 4 rings (SSSR count). The van der Waals surface area contributed by atoms with Crippen LogP contribution in [0.2, 0.25) is 0 Å². The summed E-state index contributed by atoms with van der Waals surface area (Å²) in [4.78, 5) is 0. The van der Waals surface area contributed by atoms with Crippen LogP contribution in [0.25, 0.3) is 0 Å². The lowest BCUT2D eigenvalue weighted by Gasteiger charge is -2.37. The highest BCUT2D eigenvalue weighted by Gasteiger charge is 2.34. The molecule has 1 saturated heterocycles. The summed E-state index contributed by atoms with van der Waals surface area (Å²) in [7, 11) is -3.72. The predicted molar refractivity (Wildman–Crippen MR) is 118 cm³/mol. The summed E-state index contributed by atoms with van der Waals surface area (Å²) in [5, 5.41) is 0. The number of nitrogens with one attached hydrogen (secondary N) is 1. The molecular formula is C24H24F2N2O2S. The van der Waals surface area contributed by atoms with Crippen LogP contribution in [0.3, 0.4) is 0 Å². The monoisotopic (exact) mass is 442 g/mol. The van der Waals surface area contributed by atoms with E-state index in [1.54, 1.807) is 48.5 Å². The molecule has 4 nitrogen and oxygen atoms in total. The quantitative estimate of drug-likeness (QED) is 0.573. The van der Waals surface area contributed by atoms with Crippen molar-refractivity contribution in [2.45, 2.75) is 18.8 Å². The first-order valence-electron chi connectivity index (χ1n) is 10.3. The Hall–Kier alpha value is -2.77. The van der Waals surface area contributed by atoms with Crippen LogP contribution in [0.1, 0.15) is 29.9 Å². The van der Waals surface area contributed by atoms with Crippen LogP contribution in [0.4, 0.5) is 14.5 Å². The zero-order valence-electron chi connectivity index (χ0n) is 16.9. The van der Waals surface area contributed by atoms with Gasteiger partial charge in [0.05, 0.1) is 0 Å². The standard InChI is InChI=1S/C24H24F2N2O2S/c25-21-12-8-18(9-13-21)24(19-10-14-22(26)15-11-19)20-5-4-16-28(17-20)31(29,30)27-23-6-2-1-3-7-23/h1-3,6-15,20,24,27H,4-5,16-17H2/t20-/m1/s1. The molecule has 3 aromatic rings. The topological polar surface area (TPSA) is 49.4 Å². The average Bonchev–Trinajstić information content (AvgIpc) is 2.77. The number of piperidine rings is 1. The van der Waals surface area contributed by atoms with Gasteiger partial charge in [-0.25, -0.2) is 8.78 Å². The lowest BCUT2D eigenvalue weighted by molar-refractivity contribution is 0.250. The third-order valence-corrected chi connectivity index (χ3v) is 7.22. The van der Waals surface area contributed by atoms with Gasteiger partial charge < -0.3 is 0 Å². The van der Waals surface area contributed by atoms with Crippen molar-refractivity contribution in [1.29, 1.82) is 0 Å². The van der Waals surface area contributed by atoms with Crippen molar-refractivity contribution in [1.82, 2.24) is 4.31 Å². The van der Waals surface area contributed by atoms with Gasteiger partial charge in [-0.1, -0.05) is 42.5 Å². The van der Waals surface area contributed by atoms with Gasteiger partial charge in [0.1, 0.15) is 11.6 Å². The molecule has 1 heterocycles. The SMILES string of the molecule is O=S(=O)(Nc1ccccc1)N1CCC[C@@H](C(c2ccc(F)cc2)c2ccc(F)cc2)C1. The van der Waals surface area contributed by atoms with Gasteiger partial charge in [0, 0.05) is 24.7 Å². The molecule has 1 atom stereocenters. The highest BCUT2D eigenvalue weighted by molar-refractivity contribution is 7.90. The van der Waals surface area contributed by atoms with Crippen LogP contribution < -0.4 is 4.72 Å². The van der Waals surface area contributed by atoms with E-state index in [2.05, 4.69) is 4.72 Å². The molecule has 0 unspecified atom stereocenters. The second kappa shape index (κ2) is 9.16. The second-order valence-corrected chi connectivity index (χ2v) is 9.48. The highest BCUT2D eigenvalue weighted by Crippen LogP contribution is 2.38. The molecule has 1 N–H and O–H groups in total. The number of para-hydroxylation sites is 1. The summed E-state index contributed by atoms with van der Waals surface area (Å²) in [6.45, 7) is 0.750. The fraction of sp³-hybridized carbons (Fsp3) is 0.250. The Labute approximate surface area is 181 Å². The maximum absolute atomic E-state index is 13.5. The van der Waals surface area contributed by atoms with E-state index in [1.807, 2.05) is 6.07 Å². The van der Waals surface area contributed by atoms with Crippen molar-refractivity contribution >= 4 is 15.9 Å². The van der Waals surface area contributed by atoms with Crippen molar-refractivity contribution in [3.63, 3.8) is 0 Å². The molecule has 0 amide bonds. The molecule has 1 fully saturated rings. The Bertz CT molecular complexity index is 1060. The number of hydrogen-bond acceptors (Lipinski definition) is 2. The molecule has 0 bridgehead atoms. The van der Waals surface area contributed by atoms with E-state index in [9.17, 15) is 17.2 Å². The summed E-state index contributed by atoms with van der Waals surface area (Å²) in [6.07, 6.45) is 1.52. The van der Waals surface area contributed by atoms with Gasteiger partial charge in [0.15, 0.2) is 0 Å². The molecule has 0 aliphatic carbocycles. The Morgan fingerprint density at radius 2 is 1.39 bits per heavy atom. The van der Waals surface area contributed by atoms with Crippen LogP contribution in [0.5, 0.6) is 0 Å². The molecule has 1 aliphatic heterocycles. The molecule has 162 valence electrons. The predicted octanol–water partition coefficient (Wildman–Crippen LogP) is 5.17. The molecule has 7 heteroatoms. The van der Waals surface area contributed by atoms with Gasteiger partial charge in [0.25, 0.3) is 0 Å². The van der Waals surface area contributed by atoms with E-state index in [0.29, 0.717) is 25.2 Å². The van der Waals surface area contributed by atoms with Crippen molar-refractivity contribution in [2.24, 2.45) is 5.92 Å². The van der Waals surface area contributed by atoms with Crippen LogP contribution in [-0.2, 0) is 10.2 Å². The van der Waals surface area contributed by atoms with Gasteiger partial charge in [-0.05, 0) is 66.3 Å². The fourth-order valence-electron chi connectivity index (χ4n) is 4.26. The molecule has 0 radical (unpaired) electrons. The van der Waals surface area contributed by atoms with Gasteiger partial charge in [-0.3, -0.25) is 4.72 Å². The second-order valence-electron chi connectivity index (χ2n) is 7.81. The van der Waals surface area contributed by atoms with E-state index >= 15 is 0 Å². The third-order valence-electron chi connectivity index (χ3n) is 5.71. The third kappa shape index (κ3) is 5.11. The lowest BCUT2D eigenvalue weighted by atomic mass is 9.77. The highest BCUT2D eigenvalue weighted by atomic mass is 32.2. The van der Waals surface area contributed by atoms with Crippen molar-refractivity contribution in [3.05, 3.63) is 102 Å². The minimum Gasteiger partial charge on any atom is -0.271 e. The number of rotatable bonds is 6. The molecule has 0 spiro atoms. The zero-order valence-corrected chi connectivity index (χ0v) is 17.7. The fourth-order valence-corrected chi connectivity index (χ4v) is 5.58. The lowest BCUT2D eigenvalue weighted by Crippen LogP contribution is -2.44. The van der Waals surface area contributed by atoms with E-state index in [-0.39, 0.29) is 23.5 Å². The minimum absolute atomic E-state index is 0.0305. The zero-order chi connectivity index (χ0) is 21.8. The summed E-state index contributed by atoms with van der Waals surface area (Å²) in [5.74, 6) is -0.865. The first-order chi connectivity index (χ1) is 14.9. The summed E-state index contributed by atoms with van der Waals surface area (Å²) >= 11 is 0. The summed E-state index contributed by atoms with van der Waals surface area (Å²) in [6, 6.07) is 21.3. The van der Waals surface area contributed by atoms with Crippen molar-refractivity contribution in [2.75, 3.05) is 17.8 Å². The maximum Gasteiger partial charge on any atom is 0.301 e. The number of halogens is 2. The number of benzene rings is 3. The molecule has 31 heavy (non-hydrogen) atoms. The summed E-state index contributed by atoms with van der Waals surface area (Å²) < 4.78 is 57.2. The molecule has 0 aromatic heterocycles. The van der Waals surface area contributed by atoms with E-state index in [1.165, 1.54) is 28.6 Å². The van der Waals surface area contributed by atoms with Crippen LogP contribution in [0.15, 0.2) is 78.9 Å². The first-order valence-corrected chi connectivity index (χ1v) is 11.7. The van der Waals surface area contributed by atoms with Crippen molar-refractivity contribution < 1.29 is 17.2 Å². The molecule has 3 aromatic carbocycles. The van der Waals surface area contributed by atoms with Gasteiger partial charge in [-0.15, -0.1) is 0 Å². The number of anilines is 1. The summed E-state index contributed by atoms with van der Waals surface area (Å²) in [5.41, 5.74) is 2.28. The Balaban J connectivity index is 1.62. The van der Waals surface area contributed by atoms with E-state index < -0.39 is 10.2 Å². The van der Waals surface area contributed by atoms with E-state index in [4.69, 9.17) is 0 Å². The van der Waals surface area contributed by atoms with Gasteiger partial charge >= 0.3 is 10.2 Å². The minimum atomic E-state index is -3.72. The van der Waals surface area contributed by atoms with Gasteiger partial charge in [0.2, 0.25) is 0 Å². The Morgan fingerprint density at radius 3 is 1.94 bits per heavy atom. The van der Waals surface area contributed by atoms with Gasteiger partial charge in [-0.2, -0.15) is 12.7 Å². The first kappa shape index (κ1) is 21.5. The van der Waals surface area contributed by atoms with Crippen LogP contribution in [0, 0.1) is 17.6 Å². The normalized spacial score (nSPS) is 17.6. The van der Waals surface area contributed by atoms with Crippen LogP contribution >= 0.6 is 0 Å². The largest absolute Gasteiger partial charge is 0.301 e. The van der Waals surface area contributed by atoms with Crippen molar-refractivity contribution in [3.8, 4) is 0 Å². The molecule has 1 aliphatic rings. The Kier molecular flexibility index (Phi) is 6.34.